The molecule has 1 saturated heterocycles. The van der Waals surface area contributed by atoms with Gasteiger partial charge < -0.3 is 15.1 Å². The van der Waals surface area contributed by atoms with Gasteiger partial charge in [0.1, 0.15) is 11.5 Å². The van der Waals surface area contributed by atoms with Crippen LogP contribution in [0.1, 0.15) is 38.5 Å². The van der Waals surface area contributed by atoms with E-state index in [-0.39, 0.29) is 23.3 Å². The molecule has 0 aromatic heterocycles. The van der Waals surface area contributed by atoms with E-state index in [1.807, 2.05) is 59.5 Å². The Morgan fingerprint density at radius 1 is 0.667 bits per heavy atom. The Balaban J connectivity index is 1.41. The summed E-state index contributed by atoms with van der Waals surface area (Å²) in [7, 11) is 0. The van der Waals surface area contributed by atoms with Crippen LogP contribution in [-0.4, -0.2) is 52.1 Å². The van der Waals surface area contributed by atoms with E-state index < -0.39 is 0 Å². The van der Waals surface area contributed by atoms with E-state index >= 15 is 0 Å². The Labute approximate surface area is 211 Å². The highest BCUT2D eigenvalue weighted by atomic mass is 16.3. The van der Waals surface area contributed by atoms with Crippen molar-refractivity contribution in [1.82, 2.24) is 9.80 Å². The molecule has 1 amide bonds. The summed E-state index contributed by atoms with van der Waals surface area (Å²) >= 11 is 0. The first kappa shape index (κ1) is 23.6. The zero-order valence-corrected chi connectivity index (χ0v) is 20.1. The van der Waals surface area contributed by atoms with Crippen LogP contribution in [0.15, 0.2) is 103 Å². The van der Waals surface area contributed by atoms with Crippen molar-refractivity contribution in [3.8, 4) is 11.5 Å². The zero-order valence-electron chi connectivity index (χ0n) is 20.1. The molecular weight excluding hydrogens is 448 g/mol. The maximum Gasteiger partial charge on any atom is 0.254 e. The van der Waals surface area contributed by atoms with Gasteiger partial charge in [0.05, 0.1) is 0 Å². The summed E-state index contributed by atoms with van der Waals surface area (Å²) in [6.07, 6.45) is 0. The number of rotatable bonds is 6. The summed E-state index contributed by atoms with van der Waals surface area (Å²) in [5, 5.41) is 19.7. The van der Waals surface area contributed by atoms with Crippen LogP contribution in [0.5, 0.6) is 11.5 Å². The fraction of sp³-hybridized carbons (Fsp3) is 0.194. The lowest BCUT2D eigenvalue weighted by Crippen LogP contribution is -2.48. The summed E-state index contributed by atoms with van der Waals surface area (Å²) in [5.74, 6) is 0.208. The SMILES string of the molecule is O=C(c1ccccc1C(c1ccc(O)cc1)c1ccc(O)cc1)N1CCN(Cc2ccccc2)CC1. The third-order valence-electron chi connectivity index (χ3n) is 6.86. The van der Waals surface area contributed by atoms with Crippen LogP contribution in [0.3, 0.4) is 0 Å². The number of amides is 1. The largest absolute Gasteiger partial charge is 0.508 e. The van der Waals surface area contributed by atoms with E-state index in [9.17, 15) is 15.0 Å². The molecule has 0 spiro atoms. The van der Waals surface area contributed by atoms with Crippen LogP contribution in [0, 0.1) is 0 Å². The third-order valence-corrected chi connectivity index (χ3v) is 6.86. The number of hydrogen-bond donors (Lipinski definition) is 2. The first-order valence-electron chi connectivity index (χ1n) is 12.3. The standard InChI is InChI=1S/C31H30N2O3/c34-26-14-10-24(11-15-26)30(25-12-16-27(35)17-13-25)28-8-4-5-9-29(28)31(36)33-20-18-32(19-21-33)22-23-6-2-1-3-7-23/h1-17,30,34-35H,18-22H2. The molecule has 4 aromatic carbocycles. The highest BCUT2D eigenvalue weighted by Crippen LogP contribution is 2.36. The molecule has 5 heteroatoms. The molecule has 0 bridgehead atoms. The third kappa shape index (κ3) is 5.26. The molecular formula is C31H30N2O3. The minimum atomic E-state index is -0.217. The minimum absolute atomic E-state index is 0.0347. The topological polar surface area (TPSA) is 64.0 Å². The lowest BCUT2D eigenvalue weighted by atomic mass is 9.82. The fourth-order valence-electron chi connectivity index (χ4n) is 4.95. The average Bonchev–Trinajstić information content (AvgIpc) is 2.92. The second-order valence-corrected chi connectivity index (χ2v) is 9.26. The van der Waals surface area contributed by atoms with Crippen molar-refractivity contribution in [2.75, 3.05) is 26.2 Å². The van der Waals surface area contributed by atoms with Crippen molar-refractivity contribution >= 4 is 5.91 Å². The van der Waals surface area contributed by atoms with Crippen LogP contribution < -0.4 is 0 Å². The molecule has 0 atom stereocenters. The summed E-state index contributed by atoms with van der Waals surface area (Å²) < 4.78 is 0. The smallest absolute Gasteiger partial charge is 0.254 e. The van der Waals surface area contributed by atoms with Gasteiger partial charge in [-0.15, -0.1) is 0 Å². The molecule has 182 valence electrons. The molecule has 0 saturated carbocycles. The average molecular weight is 479 g/mol. The quantitative estimate of drug-likeness (QED) is 0.372. The number of aromatic hydroxyl groups is 2. The molecule has 1 fully saturated rings. The van der Waals surface area contributed by atoms with Crippen LogP contribution >= 0.6 is 0 Å². The van der Waals surface area contributed by atoms with Crippen molar-refractivity contribution in [3.05, 3.63) is 131 Å². The number of phenolic OH excluding ortho intramolecular Hbond substituents is 2. The summed E-state index contributed by atoms with van der Waals surface area (Å²) in [4.78, 5) is 18.1. The first-order chi connectivity index (χ1) is 17.6. The number of benzene rings is 4. The number of carbonyl (C=O) groups excluding carboxylic acids is 1. The Morgan fingerprint density at radius 2 is 1.19 bits per heavy atom. The van der Waals surface area contributed by atoms with E-state index in [4.69, 9.17) is 0 Å². The zero-order chi connectivity index (χ0) is 24.9. The predicted molar refractivity (Wildman–Crippen MR) is 141 cm³/mol. The maximum absolute atomic E-state index is 13.8. The number of hydrogen-bond acceptors (Lipinski definition) is 4. The van der Waals surface area contributed by atoms with Crippen LogP contribution in [-0.2, 0) is 6.54 Å². The molecule has 1 aliphatic rings. The highest BCUT2D eigenvalue weighted by molar-refractivity contribution is 5.96. The summed E-state index contributed by atoms with van der Waals surface area (Å²) in [5.41, 5.74) is 4.80. The molecule has 0 radical (unpaired) electrons. The van der Waals surface area contributed by atoms with Crippen molar-refractivity contribution in [2.24, 2.45) is 0 Å². The van der Waals surface area contributed by atoms with E-state index in [2.05, 4.69) is 29.2 Å². The van der Waals surface area contributed by atoms with Gasteiger partial charge in [-0.05, 0) is 52.6 Å². The van der Waals surface area contributed by atoms with E-state index in [1.165, 1.54) is 5.56 Å². The van der Waals surface area contributed by atoms with Gasteiger partial charge in [-0.1, -0.05) is 72.8 Å². The van der Waals surface area contributed by atoms with Crippen molar-refractivity contribution in [3.63, 3.8) is 0 Å². The van der Waals surface area contributed by atoms with Gasteiger partial charge in [0.25, 0.3) is 5.91 Å². The number of piperazine rings is 1. The lowest BCUT2D eigenvalue weighted by molar-refractivity contribution is 0.0627. The van der Waals surface area contributed by atoms with Gasteiger partial charge in [0, 0.05) is 44.2 Å². The predicted octanol–water partition coefficient (Wildman–Crippen LogP) is 5.24. The number of phenols is 2. The van der Waals surface area contributed by atoms with E-state index in [0.717, 1.165) is 36.3 Å². The van der Waals surface area contributed by atoms with Gasteiger partial charge in [-0.3, -0.25) is 9.69 Å². The highest BCUT2D eigenvalue weighted by Gasteiger charge is 2.27. The van der Waals surface area contributed by atoms with Gasteiger partial charge >= 0.3 is 0 Å². The second kappa shape index (κ2) is 10.7. The molecule has 0 aliphatic carbocycles. The van der Waals surface area contributed by atoms with Crippen molar-refractivity contribution < 1.29 is 15.0 Å². The summed E-state index contributed by atoms with van der Waals surface area (Å²) in [6, 6.07) is 32.4. The Morgan fingerprint density at radius 3 is 1.78 bits per heavy atom. The van der Waals surface area contributed by atoms with E-state index in [0.29, 0.717) is 18.7 Å². The first-order valence-corrected chi connectivity index (χ1v) is 12.3. The lowest BCUT2D eigenvalue weighted by Gasteiger charge is -2.35. The maximum atomic E-state index is 13.8. The molecule has 1 aliphatic heterocycles. The molecule has 1 heterocycles. The van der Waals surface area contributed by atoms with Gasteiger partial charge in [0.15, 0.2) is 0 Å². The normalized spacial score (nSPS) is 14.2. The molecule has 36 heavy (non-hydrogen) atoms. The van der Waals surface area contributed by atoms with Crippen LogP contribution in [0.25, 0.3) is 0 Å². The molecule has 2 N–H and O–H groups in total. The van der Waals surface area contributed by atoms with Gasteiger partial charge in [0.2, 0.25) is 0 Å². The van der Waals surface area contributed by atoms with Crippen LogP contribution in [0.4, 0.5) is 0 Å². The Bertz CT molecular complexity index is 1250. The monoisotopic (exact) mass is 478 g/mol. The molecule has 4 aromatic rings. The van der Waals surface area contributed by atoms with E-state index in [1.54, 1.807) is 24.3 Å². The second-order valence-electron chi connectivity index (χ2n) is 9.26. The number of carbonyl (C=O) groups is 1. The van der Waals surface area contributed by atoms with Crippen molar-refractivity contribution in [1.29, 1.82) is 0 Å². The molecule has 5 rings (SSSR count). The minimum Gasteiger partial charge on any atom is -0.508 e. The summed E-state index contributed by atoms with van der Waals surface area (Å²) in [6.45, 7) is 3.93. The van der Waals surface area contributed by atoms with Crippen LogP contribution in [0.2, 0.25) is 0 Å². The van der Waals surface area contributed by atoms with Gasteiger partial charge in [-0.25, -0.2) is 0 Å². The molecule has 5 nitrogen and oxygen atoms in total. The fourth-order valence-corrected chi connectivity index (χ4v) is 4.95. The van der Waals surface area contributed by atoms with Gasteiger partial charge in [-0.2, -0.15) is 0 Å². The Hall–Kier alpha value is -4.09. The Kier molecular flexibility index (Phi) is 7.01. The van der Waals surface area contributed by atoms with Crippen molar-refractivity contribution in [2.45, 2.75) is 12.5 Å². The number of nitrogens with zero attached hydrogens (tertiary/aromatic N) is 2. The molecule has 0 unspecified atom stereocenters.